The second-order valence-electron chi connectivity index (χ2n) is 10.9. The molecule has 8 rings (SSSR count). The summed E-state index contributed by atoms with van der Waals surface area (Å²) in [6.45, 7) is 2.22. The third-order valence-corrected chi connectivity index (χ3v) is 8.31. The Morgan fingerprint density at radius 3 is 2.16 bits per heavy atom. The van der Waals surface area contributed by atoms with Gasteiger partial charge in [0.25, 0.3) is 0 Å². The van der Waals surface area contributed by atoms with Crippen LogP contribution in [0.15, 0.2) is 137 Å². The van der Waals surface area contributed by atoms with Crippen LogP contribution in [0.2, 0.25) is 0 Å². The van der Waals surface area contributed by atoms with Crippen molar-refractivity contribution < 1.29 is 4.74 Å². The predicted octanol–water partition coefficient (Wildman–Crippen LogP) is 9.84. The van der Waals surface area contributed by atoms with E-state index in [0.29, 0.717) is 5.84 Å². The Hall–Kier alpha value is -5.48. The number of benzene rings is 5. The fraction of sp³-hybridized carbons (Fsp3) is 0.0769. The van der Waals surface area contributed by atoms with E-state index in [0.717, 1.165) is 73.5 Å². The summed E-state index contributed by atoms with van der Waals surface area (Å²) in [6.07, 6.45) is 7.45. The van der Waals surface area contributed by atoms with Crippen molar-refractivity contribution in [1.82, 2.24) is 4.57 Å². The van der Waals surface area contributed by atoms with Gasteiger partial charge in [-0.05, 0) is 30.2 Å². The molecular weight excluding hydrogens is 526 g/mol. The molecule has 1 atom stereocenters. The van der Waals surface area contributed by atoms with Crippen molar-refractivity contribution >= 4 is 51.3 Å². The fourth-order valence-electron chi connectivity index (χ4n) is 6.19. The van der Waals surface area contributed by atoms with Gasteiger partial charge in [0.05, 0.1) is 16.7 Å². The maximum absolute atomic E-state index is 6.78. The summed E-state index contributed by atoms with van der Waals surface area (Å²) in [7, 11) is 0. The van der Waals surface area contributed by atoms with Crippen LogP contribution >= 0.6 is 0 Å². The van der Waals surface area contributed by atoms with Gasteiger partial charge in [0, 0.05) is 33.4 Å². The minimum atomic E-state index is 0.0578. The van der Waals surface area contributed by atoms with Gasteiger partial charge in [0.2, 0.25) is 0 Å². The standard InChI is InChI=1S/C39H29N3O/c1-2-26-25-35(40-39(30-16-7-4-8-17-30)41-36(26)28-14-5-3-6-15-28)42-33-19-11-10-18-31(33)32-24-23-29-22-21-27-13-9-12-20-34(27)43-38(29)37(32)42/h3-26H,2H2,1H3. The molecule has 2 aliphatic rings. The molecule has 0 aliphatic carbocycles. The van der Waals surface area contributed by atoms with Crippen LogP contribution in [0.25, 0.3) is 39.8 Å². The number of ether oxygens (including phenoxy) is 1. The van der Waals surface area contributed by atoms with Gasteiger partial charge >= 0.3 is 0 Å². The molecule has 0 saturated heterocycles. The molecule has 3 heterocycles. The summed E-state index contributed by atoms with van der Waals surface area (Å²) >= 11 is 0. The number of allylic oxidation sites excluding steroid dienone is 1. The van der Waals surface area contributed by atoms with Crippen LogP contribution in [0.4, 0.5) is 0 Å². The zero-order chi connectivity index (χ0) is 28.8. The monoisotopic (exact) mass is 555 g/mol. The number of nitrogens with zero attached hydrogens (tertiary/aromatic N) is 3. The first-order valence-electron chi connectivity index (χ1n) is 14.8. The summed E-state index contributed by atoms with van der Waals surface area (Å²) in [4.78, 5) is 10.6. The molecule has 6 aromatic rings. The molecule has 5 aromatic carbocycles. The van der Waals surface area contributed by atoms with Crippen molar-refractivity contribution in [2.75, 3.05) is 0 Å². The molecule has 0 N–H and O–H groups in total. The smallest absolute Gasteiger partial charge is 0.161 e. The third kappa shape index (κ3) is 4.31. The maximum atomic E-state index is 6.78. The Kier molecular flexibility index (Phi) is 6.11. The number of para-hydroxylation sites is 2. The van der Waals surface area contributed by atoms with Gasteiger partial charge in [-0.2, -0.15) is 0 Å². The first kappa shape index (κ1) is 25.2. The molecule has 4 heteroatoms. The molecule has 1 aromatic heterocycles. The van der Waals surface area contributed by atoms with Gasteiger partial charge in [-0.3, -0.25) is 4.57 Å². The van der Waals surface area contributed by atoms with E-state index in [1.54, 1.807) is 0 Å². The number of hydrogen-bond donors (Lipinski definition) is 0. The first-order valence-corrected chi connectivity index (χ1v) is 14.8. The summed E-state index contributed by atoms with van der Waals surface area (Å²) in [5.41, 5.74) is 7.27. The molecule has 4 nitrogen and oxygen atoms in total. The molecule has 2 aliphatic heterocycles. The molecule has 0 spiro atoms. The largest absolute Gasteiger partial charge is 0.454 e. The lowest BCUT2D eigenvalue weighted by molar-refractivity contribution is 0.485. The van der Waals surface area contributed by atoms with Crippen LogP contribution in [0.5, 0.6) is 11.5 Å². The van der Waals surface area contributed by atoms with E-state index in [-0.39, 0.29) is 5.92 Å². The van der Waals surface area contributed by atoms with Crippen molar-refractivity contribution in [3.05, 3.63) is 150 Å². The van der Waals surface area contributed by atoms with E-state index < -0.39 is 0 Å². The minimum Gasteiger partial charge on any atom is -0.454 e. The number of hydrogen-bond acceptors (Lipinski definition) is 3. The van der Waals surface area contributed by atoms with Crippen LogP contribution < -0.4 is 4.74 Å². The Morgan fingerprint density at radius 1 is 0.651 bits per heavy atom. The average Bonchev–Trinajstić information content (AvgIpc) is 3.17. The summed E-state index contributed by atoms with van der Waals surface area (Å²) < 4.78 is 9.05. The topological polar surface area (TPSA) is 38.9 Å². The van der Waals surface area contributed by atoms with Gasteiger partial charge in [-0.1, -0.05) is 128 Å². The van der Waals surface area contributed by atoms with Gasteiger partial charge in [0.1, 0.15) is 11.6 Å². The Morgan fingerprint density at radius 2 is 1.35 bits per heavy atom. The predicted molar refractivity (Wildman–Crippen MR) is 179 cm³/mol. The van der Waals surface area contributed by atoms with E-state index in [1.807, 2.05) is 42.5 Å². The highest BCUT2D eigenvalue weighted by molar-refractivity contribution is 6.17. The highest BCUT2D eigenvalue weighted by Gasteiger charge is 2.26. The van der Waals surface area contributed by atoms with Crippen LogP contribution in [-0.4, -0.2) is 16.1 Å². The second kappa shape index (κ2) is 10.4. The highest BCUT2D eigenvalue weighted by atomic mass is 16.5. The third-order valence-electron chi connectivity index (χ3n) is 8.31. The fourth-order valence-corrected chi connectivity index (χ4v) is 6.19. The number of aliphatic imine (C=N–C) groups is 2. The summed E-state index contributed by atoms with van der Waals surface area (Å²) in [6, 6.07) is 41.8. The molecular formula is C39H29N3O. The number of aromatic nitrogens is 1. The quantitative estimate of drug-likeness (QED) is 0.213. The van der Waals surface area contributed by atoms with E-state index in [2.05, 4.69) is 109 Å². The maximum Gasteiger partial charge on any atom is 0.161 e. The van der Waals surface area contributed by atoms with E-state index in [9.17, 15) is 0 Å². The summed E-state index contributed by atoms with van der Waals surface area (Å²) in [5.74, 6) is 3.26. The number of rotatable bonds is 4. The lowest BCUT2D eigenvalue weighted by Gasteiger charge is -2.16. The van der Waals surface area contributed by atoms with Gasteiger partial charge < -0.3 is 4.74 Å². The first-order chi connectivity index (χ1) is 21.3. The van der Waals surface area contributed by atoms with Crippen molar-refractivity contribution in [2.45, 2.75) is 13.3 Å². The Balaban J connectivity index is 1.44. The van der Waals surface area contributed by atoms with E-state index >= 15 is 0 Å². The molecule has 1 unspecified atom stereocenters. The zero-order valence-corrected chi connectivity index (χ0v) is 23.8. The van der Waals surface area contributed by atoms with E-state index in [4.69, 9.17) is 14.7 Å². The molecule has 0 radical (unpaired) electrons. The van der Waals surface area contributed by atoms with Crippen LogP contribution in [0.1, 0.15) is 35.6 Å². The van der Waals surface area contributed by atoms with Crippen molar-refractivity contribution in [3.8, 4) is 11.5 Å². The number of amidine groups is 1. The molecule has 0 fully saturated rings. The Bertz CT molecular complexity index is 2130. The summed E-state index contributed by atoms with van der Waals surface area (Å²) in [5, 5.41) is 2.28. The Labute approximate surface area is 250 Å². The van der Waals surface area contributed by atoms with Crippen LogP contribution in [-0.2, 0) is 0 Å². The molecule has 0 saturated carbocycles. The normalized spacial score (nSPS) is 15.9. The highest BCUT2D eigenvalue weighted by Crippen LogP contribution is 2.44. The lowest BCUT2D eigenvalue weighted by atomic mass is 9.93. The molecule has 43 heavy (non-hydrogen) atoms. The molecule has 206 valence electrons. The van der Waals surface area contributed by atoms with Crippen molar-refractivity contribution in [2.24, 2.45) is 15.9 Å². The number of fused-ring (bicyclic) bond motifs is 6. The van der Waals surface area contributed by atoms with E-state index in [1.165, 1.54) is 0 Å². The van der Waals surface area contributed by atoms with Crippen molar-refractivity contribution in [1.29, 1.82) is 0 Å². The zero-order valence-electron chi connectivity index (χ0n) is 23.8. The van der Waals surface area contributed by atoms with Crippen LogP contribution in [0, 0.1) is 5.92 Å². The minimum absolute atomic E-state index is 0.0578. The SMILES string of the molecule is CCC1C=C(n2c3ccccc3c3ccc4c(c32)Oc2ccccc2C=C4)N=C(c2ccccc2)N=C1c1ccccc1. The van der Waals surface area contributed by atoms with Gasteiger partial charge in [-0.25, -0.2) is 9.98 Å². The van der Waals surface area contributed by atoms with Gasteiger partial charge in [-0.15, -0.1) is 0 Å². The molecule has 0 bridgehead atoms. The van der Waals surface area contributed by atoms with Gasteiger partial charge in [0.15, 0.2) is 11.6 Å². The van der Waals surface area contributed by atoms with Crippen molar-refractivity contribution in [3.63, 3.8) is 0 Å². The average molecular weight is 556 g/mol. The molecule has 0 amide bonds. The lowest BCUT2D eigenvalue weighted by Crippen LogP contribution is -2.15. The second-order valence-corrected chi connectivity index (χ2v) is 10.9. The van der Waals surface area contributed by atoms with Crippen LogP contribution in [0.3, 0.4) is 0 Å².